The van der Waals surface area contributed by atoms with Gasteiger partial charge in [0.2, 0.25) is 0 Å². The molecule has 5 nitrogen and oxygen atoms in total. The van der Waals surface area contributed by atoms with E-state index in [1.807, 2.05) is 23.9 Å². The summed E-state index contributed by atoms with van der Waals surface area (Å²) in [7, 11) is 1.98. The molecule has 21 heavy (non-hydrogen) atoms. The summed E-state index contributed by atoms with van der Waals surface area (Å²) < 4.78 is 7.60. The van der Waals surface area contributed by atoms with Crippen molar-refractivity contribution >= 4 is 10.9 Å². The van der Waals surface area contributed by atoms with Gasteiger partial charge >= 0.3 is 0 Å². The molecule has 2 heterocycles. The first-order valence-electron chi connectivity index (χ1n) is 7.79. The van der Waals surface area contributed by atoms with E-state index in [1.54, 1.807) is 0 Å². The molecule has 114 valence electrons. The van der Waals surface area contributed by atoms with Crippen LogP contribution in [-0.2, 0) is 11.8 Å². The lowest BCUT2D eigenvalue weighted by atomic mass is 10.0. The Bertz CT molecular complexity index is 589. The smallest absolute Gasteiger partial charge is 0.0886 e. The van der Waals surface area contributed by atoms with Crippen LogP contribution in [0.1, 0.15) is 43.8 Å². The minimum absolute atomic E-state index is 0.0949. The highest BCUT2D eigenvalue weighted by Crippen LogP contribution is 2.27. The third-order valence-corrected chi connectivity index (χ3v) is 4.36. The summed E-state index contributed by atoms with van der Waals surface area (Å²) in [5.41, 5.74) is 5.12. The fraction of sp³-hybridized carbons (Fsp3) is 0.562. The topological polar surface area (TPSA) is 65.1 Å². The van der Waals surface area contributed by atoms with Gasteiger partial charge in [-0.1, -0.05) is 18.2 Å². The molecule has 1 fully saturated rings. The van der Waals surface area contributed by atoms with Crippen LogP contribution in [0.4, 0.5) is 0 Å². The molecular formula is C16H24N4O. The van der Waals surface area contributed by atoms with E-state index in [9.17, 15) is 0 Å². The summed E-state index contributed by atoms with van der Waals surface area (Å²) in [5.74, 6) is 5.77. The molecule has 0 spiro atoms. The van der Waals surface area contributed by atoms with Gasteiger partial charge in [-0.05, 0) is 38.2 Å². The molecule has 3 rings (SSSR count). The summed E-state index contributed by atoms with van der Waals surface area (Å²) >= 11 is 0. The van der Waals surface area contributed by atoms with Crippen molar-refractivity contribution in [2.45, 2.75) is 44.2 Å². The number of fused-ring (bicyclic) bond motifs is 1. The lowest BCUT2D eigenvalue weighted by Crippen LogP contribution is -2.28. The Balaban J connectivity index is 1.69. The molecule has 0 bridgehead atoms. The number of nitrogens with zero attached hydrogens (tertiary/aromatic N) is 2. The predicted molar refractivity (Wildman–Crippen MR) is 83.6 cm³/mol. The number of para-hydroxylation sites is 1. The van der Waals surface area contributed by atoms with Crippen molar-refractivity contribution in [1.29, 1.82) is 0 Å². The first-order valence-corrected chi connectivity index (χ1v) is 7.79. The maximum atomic E-state index is 5.77. The Kier molecular flexibility index (Phi) is 4.53. The number of nitrogens with two attached hydrogens (primary N) is 1. The molecule has 3 N–H and O–H groups in total. The number of nitrogens with one attached hydrogen (secondary N) is 1. The predicted octanol–water partition coefficient (Wildman–Crippen LogP) is 2.43. The highest BCUT2D eigenvalue weighted by Gasteiger charge is 2.20. The molecule has 1 aliphatic heterocycles. The molecule has 1 aliphatic rings. The van der Waals surface area contributed by atoms with E-state index < -0.39 is 0 Å². The molecule has 0 radical (unpaired) electrons. The van der Waals surface area contributed by atoms with Gasteiger partial charge in [0.05, 0.1) is 23.4 Å². The largest absolute Gasteiger partial charge is 0.378 e. The van der Waals surface area contributed by atoms with Gasteiger partial charge < -0.3 is 4.74 Å². The third-order valence-electron chi connectivity index (χ3n) is 4.36. The molecule has 2 unspecified atom stereocenters. The number of hydrogen-bond donors (Lipinski definition) is 2. The molecule has 1 saturated heterocycles. The van der Waals surface area contributed by atoms with Crippen molar-refractivity contribution in [3.05, 3.63) is 30.0 Å². The third kappa shape index (κ3) is 3.10. The fourth-order valence-corrected chi connectivity index (χ4v) is 3.22. The molecule has 5 heteroatoms. The molecule has 0 amide bonds. The van der Waals surface area contributed by atoms with Gasteiger partial charge in [-0.15, -0.1) is 0 Å². The van der Waals surface area contributed by atoms with Crippen molar-refractivity contribution in [1.82, 2.24) is 15.2 Å². The second-order valence-electron chi connectivity index (χ2n) is 5.81. The normalized spacial score (nSPS) is 20.2. The van der Waals surface area contributed by atoms with Gasteiger partial charge in [-0.3, -0.25) is 16.0 Å². The Morgan fingerprint density at radius 2 is 2.33 bits per heavy atom. The summed E-state index contributed by atoms with van der Waals surface area (Å²) in [4.78, 5) is 0. The van der Waals surface area contributed by atoms with Crippen LogP contribution in [0.15, 0.2) is 24.3 Å². The van der Waals surface area contributed by atoms with Crippen molar-refractivity contribution in [3.8, 4) is 0 Å². The lowest BCUT2D eigenvalue weighted by Gasteiger charge is -2.15. The van der Waals surface area contributed by atoms with Crippen LogP contribution in [0, 0.1) is 0 Å². The van der Waals surface area contributed by atoms with Crippen LogP contribution in [0.5, 0.6) is 0 Å². The van der Waals surface area contributed by atoms with E-state index in [2.05, 4.69) is 22.7 Å². The van der Waals surface area contributed by atoms with E-state index in [1.165, 1.54) is 18.2 Å². The Labute approximate surface area is 125 Å². The second-order valence-corrected chi connectivity index (χ2v) is 5.81. The van der Waals surface area contributed by atoms with E-state index in [0.717, 1.165) is 37.1 Å². The SMILES string of the molecule is Cn1nc(C(CCCC2CCCO2)NN)c2ccccc21. The van der Waals surface area contributed by atoms with Crippen LogP contribution in [0.2, 0.25) is 0 Å². The number of hydrogen-bond acceptors (Lipinski definition) is 4. The van der Waals surface area contributed by atoms with E-state index in [-0.39, 0.29) is 6.04 Å². The fourth-order valence-electron chi connectivity index (χ4n) is 3.22. The van der Waals surface area contributed by atoms with Gasteiger partial charge in [0.15, 0.2) is 0 Å². The van der Waals surface area contributed by atoms with Crippen LogP contribution < -0.4 is 11.3 Å². The van der Waals surface area contributed by atoms with Gasteiger partial charge in [-0.25, -0.2) is 0 Å². The average molecular weight is 288 g/mol. The van der Waals surface area contributed by atoms with Crippen molar-refractivity contribution in [2.75, 3.05) is 6.61 Å². The van der Waals surface area contributed by atoms with Gasteiger partial charge in [-0.2, -0.15) is 5.10 Å². The van der Waals surface area contributed by atoms with Crippen LogP contribution in [-0.4, -0.2) is 22.5 Å². The summed E-state index contributed by atoms with van der Waals surface area (Å²) in [6.45, 7) is 0.925. The second kappa shape index (κ2) is 6.56. The Hall–Kier alpha value is -1.43. The first-order chi connectivity index (χ1) is 10.3. The van der Waals surface area contributed by atoms with Crippen molar-refractivity contribution < 1.29 is 4.74 Å². The highest BCUT2D eigenvalue weighted by molar-refractivity contribution is 5.82. The average Bonchev–Trinajstić information content (AvgIpc) is 3.13. The van der Waals surface area contributed by atoms with E-state index >= 15 is 0 Å². The number of hydrazine groups is 1. The van der Waals surface area contributed by atoms with Gasteiger partial charge in [0.1, 0.15) is 0 Å². The molecule has 1 aromatic heterocycles. The number of benzene rings is 1. The molecule has 1 aromatic carbocycles. The van der Waals surface area contributed by atoms with E-state index in [0.29, 0.717) is 6.10 Å². The zero-order valence-electron chi connectivity index (χ0n) is 12.6. The highest BCUT2D eigenvalue weighted by atomic mass is 16.5. The van der Waals surface area contributed by atoms with Crippen molar-refractivity contribution in [2.24, 2.45) is 12.9 Å². The van der Waals surface area contributed by atoms with Gasteiger partial charge in [0, 0.05) is 19.0 Å². The number of aryl methyl sites for hydroxylation is 1. The number of ether oxygens (including phenoxy) is 1. The number of rotatable bonds is 6. The Morgan fingerprint density at radius 3 is 3.10 bits per heavy atom. The minimum atomic E-state index is 0.0949. The maximum Gasteiger partial charge on any atom is 0.0886 e. The van der Waals surface area contributed by atoms with Gasteiger partial charge in [0.25, 0.3) is 0 Å². The summed E-state index contributed by atoms with van der Waals surface area (Å²) in [5, 5.41) is 5.83. The quantitative estimate of drug-likeness (QED) is 0.633. The Morgan fingerprint density at radius 1 is 1.48 bits per heavy atom. The van der Waals surface area contributed by atoms with Crippen LogP contribution in [0.25, 0.3) is 10.9 Å². The van der Waals surface area contributed by atoms with Crippen LogP contribution in [0.3, 0.4) is 0 Å². The summed E-state index contributed by atoms with van der Waals surface area (Å²) in [6.07, 6.45) is 6.05. The van der Waals surface area contributed by atoms with Crippen molar-refractivity contribution in [3.63, 3.8) is 0 Å². The molecule has 0 aliphatic carbocycles. The monoisotopic (exact) mass is 288 g/mol. The summed E-state index contributed by atoms with van der Waals surface area (Å²) in [6, 6.07) is 8.38. The molecule has 2 aromatic rings. The minimum Gasteiger partial charge on any atom is -0.378 e. The number of aromatic nitrogens is 2. The molecular weight excluding hydrogens is 264 g/mol. The van der Waals surface area contributed by atoms with Crippen LogP contribution >= 0.6 is 0 Å². The van der Waals surface area contributed by atoms with E-state index in [4.69, 9.17) is 10.6 Å². The standard InChI is InChI=1S/C16H24N4O/c1-20-15-10-3-2-8-13(15)16(19-20)14(18-17)9-4-6-12-7-5-11-21-12/h2-3,8,10,12,14,18H,4-7,9,11,17H2,1H3. The zero-order chi connectivity index (χ0) is 14.7. The first kappa shape index (κ1) is 14.5. The molecule has 2 atom stereocenters. The zero-order valence-corrected chi connectivity index (χ0v) is 12.6. The lowest BCUT2D eigenvalue weighted by molar-refractivity contribution is 0.101. The maximum absolute atomic E-state index is 5.77. The molecule has 0 saturated carbocycles.